The summed E-state index contributed by atoms with van der Waals surface area (Å²) in [4.78, 5) is 23.4. The van der Waals surface area contributed by atoms with Crippen molar-refractivity contribution in [2.24, 2.45) is 0 Å². The molecule has 0 bridgehead atoms. The number of ether oxygens (including phenoxy) is 1. The molecule has 3 N–H and O–H groups in total. The Morgan fingerprint density at radius 2 is 1.43 bits per heavy atom. The van der Waals surface area contributed by atoms with Crippen LogP contribution in [0.25, 0.3) is 0 Å². The van der Waals surface area contributed by atoms with E-state index in [2.05, 4.69) is 16.0 Å². The molecule has 0 spiro atoms. The lowest BCUT2D eigenvalue weighted by atomic mass is 10.2. The van der Waals surface area contributed by atoms with Gasteiger partial charge in [0.1, 0.15) is 5.75 Å². The molecule has 0 radical (unpaired) electrons. The number of hydrogen-bond acceptors (Lipinski definition) is 4. The van der Waals surface area contributed by atoms with Gasteiger partial charge in [-0.25, -0.2) is 0 Å². The van der Waals surface area contributed by atoms with Gasteiger partial charge in [-0.2, -0.15) is 0 Å². The number of nitrogens with one attached hydrogen (secondary N) is 3. The molecule has 6 heteroatoms. The third-order valence-corrected chi connectivity index (χ3v) is 3.79. The number of benzene rings is 3. The normalized spacial score (nSPS) is 10.0. The van der Waals surface area contributed by atoms with Gasteiger partial charge >= 0.3 is 0 Å². The number of hydrogen-bond donors (Lipinski definition) is 3. The minimum absolute atomic E-state index is 0.0964. The van der Waals surface area contributed by atoms with Crippen molar-refractivity contribution in [2.75, 3.05) is 22.5 Å². The molecule has 0 heterocycles. The molecule has 0 saturated heterocycles. The average molecular weight is 375 g/mol. The van der Waals surface area contributed by atoms with Crippen molar-refractivity contribution >= 4 is 28.9 Å². The Labute approximate surface area is 163 Å². The Morgan fingerprint density at radius 1 is 0.786 bits per heavy atom. The van der Waals surface area contributed by atoms with Crippen LogP contribution >= 0.6 is 0 Å². The molecule has 0 aliphatic rings. The summed E-state index contributed by atoms with van der Waals surface area (Å²) in [6.07, 6.45) is 0. The van der Waals surface area contributed by atoms with Crippen LogP contribution in [0.2, 0.25) is 0 Å². The van der Waals surface area contributed by atoms with Crippen molar-refractivity contribution in [3.05, 3.63) is 78.9 Å². The fraction of sp³-hybridized carbons (Fsp3) is 0.0909. The molecule has 3 rings (SSSR count). The van der Waals surface area contributed by atoms with Gasteiger partial charge in [0.2, 0.25) is 11.8 Å². The first-order chi connectivity index (χ1) is 13.6. The molecule has 0 unspecified atom stereocenters. The number of amides is 2. The predicted molar refractivity (Wildman–Crippen MR) is 111 cm³/mol. The van der Waals surface area contributed by atoms with E-state index in [1.165, 1.54) is 6.92 Å². The highest BCUT2D eigenvalue weighted by molar-refractivity contribution is 5.95. The van der Waals surface area contributed by atoms with E-state index in [9.17, 15) is 9.59 Å². The Morgan fingerprint density at radius 3 is 2.14 bits per heavy atom. The highest BCUT2D eigenvalue weighted by Crippen LogP contribution is 2.29. The van der Waals surface area contributed by atoms with Crippen LogP contribution in [0, 0.1) is 0 Å². The monoisotopic (exact) mass is 375 g/mol. The van der Waals surface area contributed by atoms with E-state index in [4.69, 9.17) is 4.74 Å². The summed E-state index contributed by atoms with van der Waals surface area (Å²) in [5, 5.41) is 8.60. The molecule has 142 valence electrons. The predicted octanol–water partition coefficient (Wildman–Crippen LogP) is 4.49. The molecule has 0 saturated carbocycles. The van der Waals surface area contributed by atoms with E-state index >= 15 is 0 Å². The standard InChI is InChI=1S/C22H21N3O3/c1-16(26)24-18-13-11-17(12-14-18)23-15-22(27)25-20-9-5-6-10-21(20)28-19-7-3-2-4-8-19/h2-14,23H,15H2,1H3,(H,24,26)(H,25,27). The summed E-state index contributed by atoms with van der Waals surface area (Å²) in [6, 6.07) is 23.8. The van der Waals surface area contributed by atoms with Crippen molar-refractivity contribution in [3.63, 3.8) is 0 Å². The van der Waals surface area contributed by atoms with Gasteiger partial charge in [0.05, 0.1) is 12.2 Å². The molecule has 0 aromatic heterocycles. The van der Waals surface area contributed by atoms with Crippen LogP contribution in [0.5, 0.6) is 11.5 Å². The lowest BCUT2D eigenvalue weighted by Gasteiger charge is -2.13. The van der Waals surface area contributed by atoms with E-state index in [1.807, 2.05) is 42.5 Å². The van der Waals surface area contributed by atoms with Gasteiger partial charge in [-0.3, -0.25) is 9.59 Å². The Kier molecular flexibility index (Phi) is 6.25. The SMILES string of the molecule is CC(=O)Nc1ccc(NCC(=O)Nc2ccccc2Oc2ccccc2)cc1. The van der Waals surface area contributed by atoms with Gasteiger partial charge in [-0.1, -0.05) is 30.3 Å². The zero-order chi connectivity index (χ0) is 19.8. The van der Waals surface area contributed by atoms with Crippen LogP contribution in [0.15, 0.2) is 78.9 Å². The first-order valence-corrected chi connectivity index (χ1v) is 8.83. The van der Waals surface area contributed by atoms with Crippen molar-refractivity contribution in [1.82, 2.24) is 0 Å². The number of carbonyl (C=O) groups excluding carboxylic acids is 2. The first-order valence-electron chi connectivity index (χ1n) is 8.83. The summed E-state index contributed by atoms with van der Waals surface area (Å²) < 4.78 is 5.85. The van der Waals surface area contributed by atoms with Crippen molar-refractivity contribution in [2.45, 2.75) is 6.92 Å². The first kappa shape index (κ1) is 19.0. The molecular weight excluding hydrogens is 354 g/mol. The number of carbonyl (C=O) groups is 2. The van der Waals surface area contributed by atoms with Gasteiger partial charge in [0.25, 0.3) is 0 Å². The van der Waals surface area contributed by atoms with Gasteiger partial charge in [-0.15, -0.1) is 0 Å². The minimum atomic E-state index is -0.199. The quantitative estimate of drug-likeness (QED) is 0.569. The van der Waals surface area contributed by atoms with Crippen molar-refractivity contribution in [3.8, 4) is 11.5 Å². The molecule has 3 aromatic carbocycles. The second-order valence-electron chi connectivity index (χ2n) is 6.07. The third-order valence-electron chi connectivity index (χ3n) is 3.79. The van der Waals surface area contributed by atoms with E-state index in [1.54, 1.807) is 36.4 Å². The number of para-hydroxylation sites is 3. The fourth-order valence-electron chi connectivity index (χ4n) is 2.53. The molecule has 0 fully saturated rings. The summed E-state index contributed by atoms with van der Waals surface area (Å²) in [5.41, 5.74) is 2.08. The number of rotatable bonds is 7. The number of anilines is 3. The molecule has 3 aromatic rings. The van der Waals surface area contributed by atoms with E-state index in [0.29, 0.717) is 22.9 Å². The van der Waals surface area contributed by atoms with Crippen LogP contribution in [0.1, 0.15) is 6.92 Å². The Balaban J connectivity index is 1.57. The maximum atomic E-state index is 12.3. The summed E-state index contributed by atoms with van der Waals surface area (Å²) in [7, 11) is 0. The molecule has 0 aliphatic carbocycles. The average Bonchev–Trinajstić information content (AvgIpc) is 2.69. The summed E-state index contributed by atoms with van der Waals surface area (Å²) in [5.74, 6) is 0.940. The Bertz CT molecular complexity index is 941. The second-order valence-corrected chi connectivity index (χ2v) is 6.07. The van der Waals surface area contributed by atoms with E-state index < -0.39 is 0 Å². The highest BCUT2D eigenvalue weighted by atomic mass is 16.5. The molecule has 0 atom stereocenters. The topological polar surface area (TPSA) is 79.5 Å². The molecular formula is C22H21N3O3. The van der Waals surface area contributed by atoms with Crippen LogP contribution in [0.3, 0.4) is 0 Å². The lowest BCUT2D eigenvalue weighted by molar-refractivity contribution is -0.115. The van der Waals surface area contributed by atoms with E-state index in [-0.39, 0.29) is 18.4 Å². The maximum Gasteiger partial charge on any atom is 0.243 e. The maximum absolute atomic E-state index is 12.3. The minimum Gasteiger partial charge on any atom is -0.455 e. The lowest BCUT2D eigenvalue weighted by Crippen LogP contribution is -2.22. The molecule has 6 nitrogen and oxygen atoms in total. The van der Waals surface area contributed by atoms with Gasteiger partial charge < -0.3 is 20.7 Å². The zero-order valence-electron chi connectivity index (χ0n) is 15.4. The van der Waals surface area contributed by atoms with E-state index in [0.717, 1.165) is 5.69 Å². The van der Waals surface area contributed by atoms with Gasteiger partial charge in [0, 0.05) is 18.3 Å². The van der Waals surface area contributed by atoms with Crippen LogP contribution < -0.4 is 20.7 Å². The van der Waals surface area contributed by atoms with Gasteiger partial charge in [0.15, 0.2) is 5.75 Å². The summed E-state index contributed by atoms with van der Waals surface area (Å²) >= 11 is 0. The van der Waals surface area contributed by atoms with Crippen LogP contribution in [-0.2, 0) is 9.59 Å². The van der Waals surface area contributed by atoms with Crippen LogP contribution in [-0.4, -0.2) is 18.4 Å². The largest absolute Gasteiger partial charge is 0.455 e. The molecule has 28 heavy (non-hydrogen) atoms. The van der Waals surface area contributed by atoms with Crippen molar-refractivity contribution < 1.29 is 14.3 Å². The second kappa shape index (κ2) is 9.23. The summed E-state index contributed by atoms with van der Waals surface area (Å²) in [6.45, 7) is 1.55. The van der Waals surface area contributed by atoms with Crippen molar-refractivity contribution in [1.29, 1.82) is 0 Å². The molecule has 0 aliphatic heterocycles. The highest BCUT2D eigenvalue weighted by Gasteiger charge is 2.08. The zero-order valence-corrected chi connectivity index (χ0v) is 15.4. The van der Waals surface area contributed by atoms with Gasteiger partial charge in [-0.05, 0) is 48.5 Å². The van der Waals surface area contributed by atoms with Crippen LogP contribution in [0.4, 0.5) is 17.1 Å². The third kappa shape index (κ3) is 5.60. The Hall–Kier alpha value is -3.80. The smallest absolute Gasteiger partial charge is 0.243 e. The fourth-order valence-corrected chi connectivity index (χ4v) is 2.53. The molecule has 2 amide bonds.